The van der Waals surface area contributed by atoms with Gasteiger partial charge in [-0.3, -0.25) is 0 Å². The summed E-state index contributed by atoms with van der Waals surface area (Å²) in [5.74, 6) is 0. The van der Waals surface area contributed by atoms with Crippen molar-refractivity contribution in [1.29, 1.82) is 0 Å². The third-order valence-electron chi connectivity index (χ3n) is 4.47. The fourth-order valence-electron chi connectivity index (χ4n) is 3.03. The Morgan fingerprint density at radius 2 is 1.74 bits per heavy atom. The summed E-state index contributed by atoms with van der Waals surface area (Å²) in [5, 5.41) is 87.3. The van der Waals surface area contributed by atoms with Crippen LogP contribution in [0, 0.1) is 0 Å². The second kappa shape index (κ2) is 6.46. The van der Waals surface area contributed by atoms with Gasteiger partial charge in [-0.2, -0.15) is 0 Å². The Labute approximate surface area is 131 Å². The van der Waals surface area contributed by atoms with E-state index < -0.39 is 68.0 Å². The van der Waals surface area contributed by atoms with Crippen LogP contribution < -0.4 is 0 Å². The van der Waals surface area contributed by atoms with Crippen LogP contribution in [0.4, 0.5) is 0 Å². The number of hydrogen-bond acceptors (Lipinski definition) is 11. The summed E-state index contributed by atoms with van der Waals surface area (Å²) in [5.41, 5.74) is -5.11. The van der Waals surface area contributed by atoms with Gasteiger partial charge in [0.2, 0.25) is 0 Å². The molecule has 136 valence electrons. The van der Waals surface area contributed by atoms with Crippen molar-refractivity contribution in [2.24, 2.45) is 0 Å². The summed E-state index contributed by atoms with van der Waals surface area (Å²) >= 11 is 0. The summed E-state index contributed by atoms with van der Waals surface area (Å²) in [6, 6.07) is 0. The van der Waals surface area contributed by atoms with Crippen LogP contribution in [0.5, 0.6) is 0 Å². The van der Waals surface area contributed by atoms with Crippen molar-refractivity contribution in [1.82, 2.24) is 4.90 Å². The average Bonchev–Trinajstić information content (AvgIpc) is 3.06. The van der Waals surface area contributed by atoms with Crippen LogP contribution in [0.25, 0.3) is 0 Å². The molecule has 2 aliphatic heterocycles. The Kier molecular flexibility index (Phi) is 5.31. The lowest BCUT2D eigenvalue weighted by atomic mass is 10.0. The molecule has 0 aromatic rings. The molecule has 0 aliphatic carbocycles. The first kappa shape index (κ1) is 18.9. The van der Waals surface area contributed by atoms with Crippen LogP contribution in [0.1, 0.15) is 6.42 Å². The number of hydrogen-bond donors (Lipinski definition) is 9. The van der Waals surface area contributed by atoms with Crippen molar-refractivity contribution >= 4 is 0 Å². The maximum atomic E-state index is 10.5. The Morgan fingerprint density at radius 3 is 2.22 bits per heavy atom. The molecule has 0 saturated carbocycles. The smallest absolute Gasteiger partial charge is 0.197 e. The quantitative estimate of drug-likeness (QED) is 0.209. The summed E-state index contributed by atoms with van der Waals surface area (Å²) in [6.07, 6.45) is -9.50. The van der Waals surface area contributed by atoms with Crippen molar-refractivity contribution < 1.29 is 50.7 Å². The maximum Gasteiger partial charge on any atom is 0.197 e. The van der Waals surface area contributed by atoms with E-state index in [2.05, 4.69) is 0 Å². The van der Waals surface area contributed by atoms with Crippen molar-refractivity contribution in [2.75, 3.05) is 19.8 Å². The molecule has 2 fully saturated rings. The first-order chi connectivity index (χ1) is 10.7. The highest BCUT2D eigenvalue weighted by molar-refractivity contribution is 5.22. The molecule has 11 nitrogen and oxygen atoms in total. The van der Waals surface area contributed by atoms with Gasteiger partial charge in [-0.1, -0.05) is 0 Å². The van der Waals surface area contributed by atoms with E-state index in [4.69, 9.17) is 14.9 Å². The zero-order valence-corrected chi connectivity index (χ0v) is 12.2. The third kappa shape index (κ3) is 2.67. The lowest BCUT2D eigenvalue weighted by Gasteiger charge is -2.38. The molecule has 2 rings (SSSR count). The molecule has 0 bridgehead atoms. The van der Waals surface area contributed by atoms with Crippen molar-refractivity contribution in [3.8, 4) is 0 Å². The molecule has 2 heterocycles. The summed E-state index contributed by atoms with van der Waals surface area (Å²) in [6.45, 7) is -2.54. The monoisotopic (exact) mass is 341 g/mol. The van der Waals surface area contributed by atoms with Crippen LogP contribution in [0.2, 0.25) is 0 Å². The highest BCUT2D eigenvalue weighted by Crippen LogP contribution is 2.54. The van der Waals surface area contributed by atoms with E-state index in [0.717, 1.165) is 0 Å². The van der Waals surface area contributed by atoms with Crippen LogP contribution >= 0.6 is 0 Å². The van der Waals surface area contributed by atoms with E-state index in [0.29, 0.717) is 4.90 Å². The van der Waals surface area contributed by atoms with E-state index in [9.17, 15) is 35.7 Å². The topological polar surface area (TPSA) is 194 Å². The average molecular weight is 341 g/mol. The van der Waals surface area contributed by atoms with Gasteiger partial charge in [0.05, 0.1) is 32.0 Å². The molecule has 23 heavy (non-hydrogen) atoms. The number of ether oxygens (including phenoxy) is 1. The zero-order chi connectivity index (χ0) is 17.6. The molecule has 9 atom stereocenters. The predicted molar refractivity (Wildman–Crippen MR) is 70.3 cm³/mol. The van der Waals surface area contributed by atoms with E-state index in [-0.39, 0.29) is 6.42 Å². The molecule has 2 saturated heterocycles. The summed E-state index contributed by atoms with van der Waals surface area (Å²) in [7, 11) is 0. The normalized spacial score (nSPS) is 49.7. The van der Waals surface area contributed by atoms with Gasteiger partial charge in [-0.05, 0) is 0 Å². The lowest BCUT2D eigenvalue weighted by molar-refractivity contribution is -0.231. The second-order valence-corrected chi connectivity index (χ2v) is 5.89. The number of aliphatic hydroxyl groups is 9. The van der Waals surface area contributed by atoms with Crippen molar-refractivity contribution in [3.05, 3.63) is 0 Å². The SMILES string of the molecule is OC[C@@H]1C[C@H](O)[C@@H](O)C(N2[C@](O)([C@H](O)[C@@H](O)CO)[C@]2(O)CO)O1. The van der Waals surface area contributed by atoms with Crippen LogP contribution in [0.3, 0.4) is 0 Å². The number of aliphatic hydroxyl groups excluding tert-OH is 7. The molecule has 0 aromatic heterocycles. The van der Waals surface area contributed by atoms with Gasteiger partial charge in [0.1, 0.15) is 24.5 Å². The Hall–Kier alpha value is -0.440. The van der Waals surface area contributed by atoms with Gasteiger partial charge in [-0.25, -0.2) is 4.90 Å². The second-order valence-electron chi connectivity index (χ2n) is 5.89. The highest BCUT2D eigenvalue weighted by atomic mass is 16.6. The van der Waals surface area contributed by atoms with Gasteiger partial charge in [0.15, 0.2) is 11.4 Å². The minimum Gasteiger partial charge on any atom is -0.394 e. The molecule has 2 aliphatic rings. The molecule has 0 spiro atoms. The molecular weight excluding hydrogens is 318 g/mol. The largest absolute Gasteiger partial charge is 0.394 e. The van der Waals surface area contributed by atoms with Crippen LogP contribution in [-0.4, -0.2) is 119 Å². The van der Waals surface area contributed by atoms with Crippen LogP contribution in [-0.2, 0) is 4.74 Å². The Morgan fingerprint density at radius 1 is 1.13 bits per heavy atom. The Balaban J connectivity index is 2.29. The molecule has 9 N–H and O–H groups in total. The van der Waals surface area contributed by atoms with Gasteiger partial charge in [-0.15, -0.1) is 0 Å². The first-order valence-corrected chi connectivity index (χ1v) is 7.13. The molecule has 2 unspecified atom stereocenters. The fourth-order valence-corrected chi connectivity index (χ4v) is 3.03. The van der Waals surface area contributed by atoms with Crippen molar-refractivity contribution in [2.45, 2.75) is 54.6 Å². The summed E-state index contributed by atoms with van der Waals surface area (Å²) < 4.78 is 5.28. The highest BCUT2D eigenvalue weighted by Gasteiger charge is 2.82. The third-order valence-corrected chi connectivity index (χ3v) is 4.47. The van der Waals surface area contributed by atoms with Gasteiger partial charge < -0.3 is 50.7 Å². The minimum atomic E-state index is -2.63. The number of nitrogens with zero attached hydrogens (tertiary/aromatic N) is 1. The van der Waals surface area contributed by atoms with Crippen LogP contribution in [0.15, 0.2) is 0 Å². The van der Waals surface area contributed by atoms with E-state index in [1.54, 1.807) is 0 Å². The standard InChI is InChI=1S/C12H23NO10/c14-2-5-1-6(17)8(19)10(23-5)13-11(21,4-16)12(13,22)9(20)7(18)3-15/h5-10,14-22H,1-4H2/t5-,6-,7-,8+,9+,10?,11+,12-,13?/m0/s1. The lowest BCUT2D eigenvalue weighted by Crippen LogP contribution is -2.55. The molecule has 11 heteroatoms. The van der Waals surface area contributed by atoms with Gasteiger partial charge in [0, 0.05) is 6.42 Å². The Bertz CT molecular complexity index is 427. The molecular formula is C12H23NO10. The van der Waals surface area contributed by atoms with E-state index in [1.165, 1.54) is 0 Å². The number of rotatable bonds is 6. The first-order valence-electron chi connectivity index (χ1n) is 7.13. The maximum absolute atomic E-state index is 10.5. The minimum absolute atomic E-state index is 0.0974. The van der Waals surface area contributed by atoms with E-state index >= 15 is 0 Å². The molecule has 0 amide bonds. The molecule has 0 aromatic carbocycles. The summed E-state index contributed by atoms with van der Waals surface area (Å²) in [4.78, 5) is 0.583. The fraction of sp³-hybridized carbons (Fsp3) is 1.00. The predicted octanol–water partition coefficient (Wildman–Crippen LogP) is -5.79. The zero-order valence-electron chi connectivity index (χ0n) is 12.2. The van der Waals surface area contributed by atoms with Crippen molar-refractivity contribution in [3.63, 3.8) is 0 Å². The van der Waals surface area contributed by atoms with Gasteiger partial charge >= 0.3 is 0 Å². The van der Waals surface area contributed by atoms with Gasteiger partial charge in [0.25, 0.3) is 0 Å². The molecule has 0 radical (unpaired) electrons. The van der Waals surface area contributed by atoms with E-state index in [1.807, 2.05) is 0 Å².